The van der Waals surface area contributed by atoms with Crippen molar-refractivity contribution in [3.8, 4) is 0 Å². The van der Waals surface area contributed by atoms with E-state index in [1.54, 1.807) is 0 Å². The highest BCUT2D eigenvalue weighted by molar-refractivity contribution is 5.59. The zero-order valence-corrected chi connectivity index (χ0v) is 5.21. The van der Waals surface area contributed by atoms with Crippen molar-refractivity contribution in [2.75, 3.05) is 7.11 Å². The van der Waals surface area contributed by atoms with Gasteiger partial charge in [0.2, 0.25) is 0 Å². The molecule has 0 saturated heterocycles. The molecule has 0 amide bonds. The normalized spacial score (nSPS) is 13.1. The standard InChI is InChI=1S/C5H6F2O3/c1-9-5(8)10-4(7)2-3-6/h2-4H,1H3. The summed E-state index contributed by atoms with van der Waals surface area (Å²) in [7, 11) is 1.02. The number of hydrogen-bond donors (Lipinski definition) is 0. The SMILES string of the molecule is COC(=O)OC(F)C=CF. The van der Waals surface area contributed by atoms with Crippen LogP contribution in [-0.4, -0.2) is 19.6 Å². The molecule has 5 heteroatoms. The van der Waals surface area contributed by atoms with E-state index in [-0.39, 0.29) is 6.33 Å². The molecule has 58 valence electrons. The molecule has 0 aromatic carbocycles. The Bertz CT molecular complexity index is 135. The third-order valence-corrected chi connectivity index (χ3v) is 0.600. The fraction of sp³-hybridized carbons (Fsp3) is 0.400. The Morgan fingerprint density at radius 1 is 1.70 bits per heavy atom. The first-order chi connectivity index (χ1) is 4.70. The van der Waals surface area contributed by atoms with Crippen LogP contribution in [0, 0.1) is 0 Å². The van der Waals surface area contributed by atoms with Gasteiger partial charge in [0, 0.05) is 6.08 Å². The van der Waals surface area contributed by atoms with Crippen LogP contribution in [0.1, 0.15) is 0 Å². The predicted molar refractivity (Wildman–Crippen MR) is 28.6 cm³/mol. The summed E-state index contributed by atoms with van der Waals surface area (Å²) < 4.78 is 30.8. The minimum Gasteiger partial charge on any atom is -0.438 e. The molecule has 10 heavy (non-hydrogen) atoms. The second kappa shape index (κ2) is 4.72. The van der Waals surface area contributed by atoms with E-state index in [1.807, 2.05) is 0 Å². The molecular weight excluding hydrogens is 146 g/mol. The van der Waals surface area contributed by atoms with Crippen LogP contribution in [0.15, 0.2) is 12.4 Å². The van der Waals surface area contributed by atoms with E-state index in [0.29, 0.717) is 6.08 Å². The summed E-state index contributed by atoms with van der Waals surface area (Å²) in [4.78, 5) is 10.1. The number of rotatable bonds is 2. The lowest BCUT2D eigenvalue weighted by Crippen LogP contribution is -2.10. The van der Waals surface area contributed by atoms with Crippen molar-refractivity contribution in [2.24, 2.45) is 0 Å². The monoisotopic (exact) mass is 152 g/mol. The van der Waals surface area contributed by atoms with Crippen molar-refractivity contribution in [2.45, 2.75) is 6.36 Å². The molecule has 0 aliphatic carbocycles. The van der Waals surface area contributed by atoms with Gasteiger partial charge in [-0.25, -0.2) is 9.18 Å². The van der Waals surface area contributed by atoms with Crippen molar-refractivity contribution in [1.29, 1.82) is 0 Å². The second-order valence-corrected chi connectivity index (χ2v) is 1.24. The van der Waals surface area contributed by atoms with Gasteiger partial charge in [0.25, 0.3) is 6.36 Å². The van der Waals surface area contributed by atoms with Gasteiger partial charge in [-0.2, -0.15) is 4.39 Å². The first kappa shape index (κ1) is 8.87. The molecular formula is C5H6F2O3. The minimum absolute atomic E-state index is 0.0619. The van der Waals surface area contributed by atoms with E-state index in [1.165, 1.54) is 0 Å². The number of carbonyl (C=O) groups excluding carboxylic acids is 1. The fourth-order valence-electron chi connectivity index (χ4n) is 0.237. The molecule has 3 nitrogen and oxygen atoms in total. The summed E-state index contributed by atoms with van der Waals surface area (Å²) in [5.41, 5.74) is 0. The van der Waals surface area contributed by atoms with Gasteiger partial charge in [-0.05, 0) is 0 Å². The Hall–Kier alpha value is -1.13. The molecule has 0 aromatic rings. The summed E-state index contributed by atoms with van der Waals surface area (Å²) >= 11 is 0. The minimum atomic E-state index is -2.09. The zero-order valence-electron chi connectivity index (χ0n) is 5.21. The molecule has 0 aromatic heterocycles. The van der Waals surface area contributed by atoms with Gasteiger partial charge in [0.05, 0.1) is 13.4 Å². The van der Waals surface area contributed by atoms with Gasteiger partial charge in [-0.15, -0.1) is 0 Å². The van der Waals surface area contributed by atoms with E-state index >= 15 is 0 Å². The van der Waals surface area contributed by atoms with Crippen LogP contribution in [0.2, 0.25) is 0 Å². The Morgan fingerprint density at radius 2 is 2.30 bits per heavy atom. The first-order valence-electron chi connectivity index (χ1n) is 2.36. The maximum atomic E-state index is 12.0. The Morgan fingerprint density at radius 3 is 2.70 bits per heavy atom. The highest BCUT2D eigenvalue weighted by Crippen LogP contribution is 1.97. The number of ether oxygens (including phenoxy) is 2. The maximum absolute atomic E-state index is 12.0. The molecule has 0 fully saturated rings. The molecule has 0 rings (SSSR count). The van der Waals surface area contributed by atoms with Crippen LogP contribution in [0.25, 0.3) is 0 Å². The average Bonchev–Trinajstić information content (AvgIpc) is 1.88. The molecule has 0 N–H and O–H groups in total. The molecule has 0 heterocycles. The Labute approximate surface area is 56.2 Å². The Balaban J connectivity index is 3.57. The summed E-state index contributed by atoms with van der Waals surface area (Å²) in [6.45, 7) is 0. The van der Waals surface area contributed by atoms with Crippen LogP contribution < -0.4 is 0 Å². The summed E-state index contributed by atoms with van der Waals surface area (Å²) in [6.07, 6.45) is -2.91. The lowest BCUT2D eigenvalue weighted by atomic mass is 10.6. The second-order valence-electron chi connectivity index (χ2n) is 1.24. The molecule has 0 bridgehead atoms. The number of hydrogen-bond acceptors (Lipinski definition) is 3. The number of carbonyl (C=O) groups is 1. The molecule has 0 saturated carbocycles. The van der Waals surface area contributed by atoms with Gasteiger partial charge < -0.3 is 9.47 Å². The highest BCUT2D eigenvalue weighted by atomic mass is 19.1. The summed E-state index contributed by atoms with van der Waals surface area (Å²) in [6, 6.07) is 0. The van der Waals surface area contributed by atoms with Gasteiger partial charge in [-0.1, -0.05) is 0 Å². The van der Waals surface area contributed by atoms with E-state index in [4.69, 9.17) is 0 Å². The molecule has 0 aliphatic rings. The topological polar surface area (TPSA) is 35.5 Å². The van der Waals surface area contributed by atoms with Crippen LogP contribution in [0.3, 0.4) is 0 Å². The highest BCUT2D eigenvalue weighted by Gasteiger charge is 2.07. The quantitative estimate of drug-likeness (QED) is 0.563. The first-order valence-corrected chi connectivity index (χ1v) is 2.36. The smallest absolute Gasteiger partial charge is 0.438 e. The number of alkyl halides is 1. The zero-order chi connectivity index (χ0) is 7.98. The van der Waals surface area contributed by atoms with Gasteiger partial charge in [0.15, 0.2) is 0 Å². The van der Waals surface area contributed by atoms with Crippen molar-refractivity contribution < 1.29 is 23.0 Å². The van der Waals surface area contributed by atoms with Gasteiger partial charge in [0.1, 0.15) is 0 Å². The van der Waals surface area contributed by atoms with E-state index in [0.717, 1.165) is 7.11 Å². The van der Waals surface area contributed by atoms with Gasteiger partial charge >= 0.3 is 6.16 Å². The van der Waals surface area contributed by atoms with Crippen molar-refractivity contribution in [1.82, 2.24) is 0 Å². The molecule has 0 spiro atoms. The van der Waals surface area contributed by atoms with Crippen molar-refractivity contribution >= 4 is 6.16 Å². The summed E-state index contributed by atoms with van der Waals surface area (Å²) in [5, 5.41) is 0. The maximum Gasteiger partial charge on any atom is 0.510 e. The van der Waals surface area contributed by atoms with Crippen LogP contribution in [0.4, 0.5) is 13.6 Å². The molecule has 0 radical (unpaired) electrons. The number of methoxy groups -OCH3 is 1. The molecule has 1 atom stereocenters. The summed E-state index contributed by atoms with van der Waals surface area (Å²) in [5.74, 6) is 0. The van der Waals surface area contributed by atoms with Crippen molar-refractivity contribution in [3.63, 3.8) is 0 Å². The molecule has 1 unspecified atom stereocenters. The number of halogens is 2. The van der Waals surface area contributed by atoms with Crippen LogP contribution in [0.5, 0.6) is 0 Å². The van der Waals surface area contributed by atoms with Crippen molar-refractivity contribution in [3.05, 3.63) is 12.4 Å². The average molecular weight is 152 g/mol. The van der Waals surface area contributed by atoms with Crippen LogP contribution in [-0.2, 0) is 9.47 Å². The van der Waals surface area contributed by atoms with E-state index in [2.05, 4.69) is 9.47 Å². The van der Waals surface area contributed by atoms with E-state index < -0.39 is 12.5 Å². The predicted octanol–water partition coefficient (Wildman–Crippen LogP) is 1.55. The van der Waals surface area contributed by atoms with E-state index in [9.17, 15) is 13.6 Å². The van der Waals surface area contributed by atoms with Gasteiger partial charge in [-0.3, -0.25) is 0 Å². The third kappa shape index (κ3) is 3.82. The third-order valence-electron chi connectivity index (χ3n) is 0.600. The fourth-order valence-corrected chi connectivity index (χ4v) is 0.237. The van der Waals surface area contributed by atoms with Crippen LogP contribution >= 0.6 is 0 Å². The Kier molecular flexibility index (Phi) is 4.19. The lowest BCUT2D eigenvalue weighted by molar-refractivity contribution is 0.00243. The lowest BCUT2D eigenvalue weighted by Gasteiger charge is -2.01. The molecule has 0 aliphatic heterocycles. The largest absolute Gasteiger partial charge is 0.510 e.